The van der Waals surface area contributed by atoms with Gasteiger partial charge in [-0.3, -0.25) is 4.79 Å². The number of hydrogen-bond acceptors (Lipinski definition) is 4. The number of aryl methyl sites for hydroxylation is 1. The maximum absolute atomic E-state index is 12.6. The van der Waals surface area contributed by atoms with Gasteiger partial charge in [-0.1, -0.05) is 12.1 Å². The molecule has 3 heterocycles. The predicted molar refractivity (Wildman–Crippen MR) is 85.8 cm³/mol. The van der Waals surface area contributed by atoms with Crippen LogP contribution in [0.25, 0.3) is 11.0 Å². The smallest absolute Gasteiger partial charge is 0.227 e. The van der Waals surface area contributed by atoms with Crippen LogP contribution in [0.2, 0.25) is 0 Å². The summed E-state index contributed by atoms with van der Waals surface area (Å²) in [6.07, 6.45) is 6.25. The van der Waals surface area contributed by atoms with Crippen molar-refractivity contribution in [3.05, 3.63) is 59.4 Å². The van der Waals surface area contributed by atoms with Crippen molar-refractivity contribution in [3.8, 4) is 0 Å². The molecular formula is C18H17N3O2. The number of furan rings is 1. The van der Waals surface area contributed by atoms with Gasteiger partial charge >= 0.3 is 0 Å². The van der Waals surface area contributed by atoms with Gasteiger partial charge < -0.3 is 9.32 Å². The number of rotatable bonds is 2. The highest BCUT2D eigenvalue weighted by Gasteiger charge is 2.22. The first-order valence-corrected chi connectivity index (χ1v) is 7.73. The number of amides is 1. The number of nitrogens with zero attached hydrogens (tertiary/aromatic N) is 3. The number of carbonyl (C=O) groups is 1. The van der Waals surface area contributed by atoms with Crippen LogP contribution in [0.3, 0.4) is 0 Å². The van der Waals surface area contributed by atoms with Crippen molar-refractivity contribution in [2.45, 2.75) is 26.3 Å². The Morgan fingerprint density at radius 1 is 1.39 bits per heavy atom. The van der Waals surface area contributed by atoms with E-state index in [1.165, 1.54) is 0 Å². The maximum atomic E-state index is 12.6. The summed E-state index contributed by atoms with van der Waals surface area (Å²) < 4.78 is 5.58. The topological polar surface area (TPSA) is 59.2 Å². The number of aromatic nitrogens is 2. The van der Waals surface area contributed by atoms with E-state index in [1.807, 2.05) is 36.2 Å². The molecule has 4 rings (SSSR count). The highest BCUT2D eigenvalue weighted by Crippen LogP contribution is 2.24. The van der Waals surface area contributed by atoms with Crippen LogP contribution in [0, 0.1) is 6.92 Å². The second kappa shape index (κ2) is 5.50. The van der Waals surface area contributed by atoms with Crippen molar-refractivity contribution in [2.75, 3.05) is 6.54 Å². The highest BCUT2D eigenvalue weighted by atomic mass is 16.3. The summed E-state index contributed by atoms with van der Waals surface area (Å²) in [7, 11) is 0. The fourth-order valence-electron chi connectivity index (χ4n) is 3.07. The molecule has 3 aromatic rings. The van der Waals surface area contributed by atoms with E-state index in [1.54, 1.807) is 12.6 Å². The molecule has 5 nitrogen and oxygen atoms in total. The monoisotopic (exact) mass is 307 g/mol. The van der Waals surface area contributed by atoms with Crippen LogP contribution < -0.4 is 0 Å². The standard InChI is InChI=1S/C18H17N3O2/c1-12-2-3-15-14(10-23-17(15)6-12)7-18(22)21-5-4-13-8-19-11-20-16(13)9-21/h2-3,6,8,10-11H,4-5,7,9H2,1H3. The van der Waals surface area contributed by atoms with Gasteiger partial charge in [0.1, 0.15) is 11.9 Å². The molecule has 0 aliphatic carbocycles. The lowest BCUT2D eigenvalue weighted by Gasteiger charge is -2.27. The van der Waals surface area contributed by atoms with E-state index < -0.39 is 0 Å². The minimum atomic E-state index is 0.109. The molecule has 0 bridgehead atoms. The van der Waals surface area contributed by atoms with Crippen LogP contribution in [-0.2, 0) is 24.2 Å². The SMILES string of the molecule is Cc1ccc2c(CC(=O)N3CCc4cncnc4C3)coc2c1. The average molecular weight is 307 g/mol. The Balaban J connectivity index is 1.54. The number of benzene rings is 1. The van der Waals surface area contributed by atoms with Crippen molar-refractivity contribution in [2.24, 2.45) is 0 Å². The van der Waals surface area contributed by atoms with E-state index >= 15 is 0 Å². The molecular weight excluding hydrogens is 290 g/mol. The Labute approximate surface area is 134 Å². The summed E-state index contributed by atoms with van der Waals surface area (Å²) in [4.78, 5) is 22.8. The molecule has 0 fully saturated rings. The van der Waals surface area contributed by atoms with Crippen molar-refractivity contribution in [3.63, 3.8) is 0 Å². The zero-order chi connectivity index (χ0) is 15.8. The summed E-state index contributed by atoms with van der Waals surface area (Å²) in [6, 6.07) is 6.06. The molecule has 0 saturated carbocycles. The van der Waals surface area contributed by atoms with E-state index in [0.717, 1.165) is 39.8 Å². The molecule has 0 saturated heterocycles. The summed E-state index contributed by atoms with van der Waals surface area (Å²) in [5.41, 5.74) is 5.02. The largest absolute Gasteiger partial charge is 0.464 e. The Morgan fingerprint density at radius 2 is 2.30 bits per heavy atom. The lowest BCUT2D eigenvalue weighted by Crippen LogP contribution is -2.37. The van der Waals surface area contributed by atoms with Crippen LogP contribution >= 0.6 is 0 Å². The first-order chi connectivity index (χ1) is 11.2. The van der Waals surface area contributed by atoms with Crippen LogP contribution in [0.4, 0.5) is 0 Å². The Hall–Kier alpha value is -2.69. The van der Waals surface area contributed by atoms with Gasteiger partial charge in [-0.25, -0.2) is 9.97 Å². The lowest BCUT2D eigenvalue weighted by molar-refractivity contribution is -0.131. The van der Waals surface area contributed by atoms with E-state index in [9.17, 15) is 4.79 Å². The molecule has 0 atom stereocenters. The Kier molecular flexibility index (Phi) is 3.33. The van der Waals surface area contributed by atoms with Crippen LogP contribution in [0.1, 0.15) is 22.4 Å². The zero-order valence-electron chi connectivity index (χ0n) is 13.0. The van der Waals surface area contributed by atoms with E-state index in [4.69, 9.17) is 4.42 Å². The number of carbonyl (C=O) groups excluding carboxylic acids is 1. The van der Waals surface area contributed by atoms with Crippen molar-refractivity contribution in [1.82, 2.24) is 14.9 Å². The van der Waals surface area contributed by atoms with Crippen LogP contribution in [0.15, 0.2) is 41.4 Å². The average Bonchev–Trinajstić information content (AvgIpc) is 2.96. The molecule has 0 N–H and O–H groups in total. The molecule has 5 heteroatoms. The molecule has 1 aromatic carbocycles. The third kappa shape index (κ3) is 2.59. The second-order valence-electron chi connectivity index (χ2n) is 6.00. The fourth-order valence-corrected chi connectivity index (χ4v) is 3.07. The Bertz CT molecular complexity index is 885. The van der Waals surface area contributed by atoms with Gasteiger partial charge in [-0.05, 0) is 30.5 Å². The van der Waals surface area contributed by atoms with E-state index in [2.05, 4.69) is 9.97 Å². The molecule has 0 radical (unpaired) electrons. The van der Waals surface area contributed by atoms with Crippen molar-refractivity contribution in [1.29, 1.82) is 0 Å². The Morgan fingerprint density at radius 3 is 3.22 bits per heavy atom. The van der Waals surface area contributed by atoms with Crippen LogP contribution in [0.5, 0.6) is 0 Å². The minimum Gasteiger partial charge on any atom is -0.464 e. The normalized spacial score (nSPS) is 14.0. The number of hydrogen-bond donors (Lipinski definition) is 0. The van der Waals surface area contributed by atoms with E-state index in [0.29, 0.717) is 19.5 Å². The van der Waals surface area contributed by atoms with Crippen LogP contribution in [-0.4, -0.2) is 27.3 Å². The van der Waals surface area contributed by atoms with Gasteiger partial charge in [0.15, 0.2) is 0 Å². The molecule has 0 unspecified atom stereocenters. The van der Waals surface area contributed by atoms with Gasteiger partial charge in [-0.2, -0.15) is 0 Å². The summed E-state index contributed by atoms with van der Waals surface area (Å²) in [6.45, 7) is 3.31. The summed E-state index contributed by atoms with van der Waals surface area (Å²) in [5.74, 6) is 0.109. The summed E-state index contributed by atoms with van der Waals surface area (Å²) >= 11 is 0. The van der Waals surface area contributed by atoms with Gasteiger partial charge in [-0.15, -0.1) is 0 Å². The summed E-state index contributed by atoms with van der Waals surface area (Å²) in [5, 5.41) is 1.02. The van der Waals surface area contributed by atoms with Gasteiger partial charge in [0.2, 0.25) is 5.91 Å². The molecule has 2 aromatic heterocycles. The van der Waals surface area contributed by atoms with E-state index in [-0.39, 0.29) is 5.91 Å². The third-order valence-electron chi connectivity index (χ3n) is 4.38. The zero-order valence-corrected chi connectivity index (χ0v) is 13.0. The highest BCUT2D eigenvalue weighted by molar-refractivity contribution is 5.88. The fraction of sp³-hybridized carbons (Fsp3) is 0.278. The van der Waals surface area contributed by atoms with Gasteiger partial charge in [0.05, 0.1) is 24.9 Å². The van der Waals surface area contributed by atoms with Crippen molar-refractivity contribution < 1.29 is 9.21 Å². The third-order valence-corrected chi connectivity index (χ3v) is 4.38. The molecule has 1 amide bonds. The number of fused-ring (bicyclic) bond motifs is 2. The maximum Gasteiger partial charge on any atom is 0.227 e. The predicted octanol–water partition coefficient (Wildman–Crippen LogP) is 2.66. The first-order valence-electron chi connectivity index (χ1n) is 7.73. The molecule has 23 heavy (non-hydrogen) atoms. The lowest BCUT2D eigenvalue weighted by atomic mass is 10.0. The second-order valence-corrected chi connectivity index (χ2v) is 6.00. The van der Waals surface area contributed by atoms with Gasteiger partial charge in [0.25, 0.3) is 0 Å². The van der Waals surface area contributed by atoms with Crippen molar-refractivity contribution >= 4 is 16.9 Å². The molecule has 0 spiro atoms. The molecule has 116 valence electrons. The quantitative estimate of drug-likeness (QED) is 0.730. The van der Waals surface area contributed by atoms with Gasteiger partial charge in [0, 0.05) is 23.7 Å². The molecule has 1 aliphatic rings. The molecule has 1 aliphatic heterocycles. The minimum absolute atomic E-state index is 0.109. The first kappa shape index (κ1) is 13.9.